The van der Waals surface area contributed by atoms with Crippen LogP contribution < -0.4 is 4.74 Å². The summed E-state index contributed by atoms with van der Waals surface area (Å²) in [6.45, 7) is 12.3. The molecule has 0 unspecified atom stereocenters. The molecule has 0 spiro atoms. The Hall–Kier alpha value is -3.09. The Kier molecular flexibility index (Phi) is 12.8. The molecule has 6 rings (SSSR count). The lowest BCUT2D eigenvalue weighted by molar-refractivity contribution is -0.154. The van der Waals surface area contributed by atoms with Crippen molar-refractivity contribution >= 4 is 23.8 Å². The highest BCUT2D eigenvalue weighted by Crippen LogP contribution is 2.67. The lowest BCUT2D eigenvalue weighted by Crippen LogP contribution is -2.51. The minimum atomic E-state index is -0.624. The summed E-state index contributed by atoms with van der Waals surface area (Å²) in [4.78, 5) is 38.1. The van der Waals surface area contributed by atoms with Gasteiger partial charge in [-0.1, -0.05) is 77.7 Å². The van der Waals surface area contributed by atoms with Gasteiger partial charge in [-0.2, -0.15) is 0 Å². The number of esters is 2. The third-order valence-corrected chi connectivity index (χ3v) is 14.4. The zero-order chi connectivity index (χ0) is 37.8. The molecule has 7 nitrogen and oxygen atoms in total. The molecule has 0 radical (unpaired) electrons. The zero-order valence-electron chi connectivity index (χ0n) is 33.3. The molecule has 4 aliphatic carbocycles. The Labute approximate surface area is 318 Å². The summed E-state index contributed by atoms with van der Waals surface area (Å²) in [5.74, 6) is 3.94. The van der Waals surface area contributed by atoms with Gasteiger partial charge >= 0.3 is 11.9 Å². The zero-order valence-corrected chi connectivity index (χ0v) is 33.3. The second kappa shape index (κ2) is 17.1. The summed E-state index contributed by atoms with van der Waals surface area (Å²) in [7, 11) is 0. The van der Waals surface area contributed by atoms with Gasteiger partial charge in [-0.25, -0.2) is 9.59 Å². The van der Waals surface area contributed by atoms with Gasteiger partial charge in [0, 0.05) is 25.3 Å². The van der Waals surface area contributed by atoms with E-state index in [0.29, 0.717) is 49.0 Å². The van der Waals surface area contributed by atoms with Crippen LogP contribution in [-0.2, 0) is 19.1 Å². The van der Waals surface area contributed by atoms with Crippen molar-refractivity contribution in [2.24, 2.45) is 46.3 Å². The smallest absolute Gasteiger partial charge is 0.344 e. The summed E-state index contributed by atoms with van der Waals surface area (Å²) in [5.41, 5.74) is 2.66. The highest BCUT2D eigenvalue weighted by atomic mass is 16.6. The van der Waals surface area contributed by atoms with Crippen molar-refractivity contribution in [1.29, 1.82) is 0 Å². The van der Waals surface area contributed by atoms with Crippen LogP contribution in [0, 0.1) is 46.3 Å². The SMILES string of the molecule is CC(C)CCC[C@H](C)[C@@H]1CC[C@@H]2[C@H]3CC=C4C[C@@H](OC(=O)COc5cc(O)c6c(c5)/C=C/CCCC(=O)CCCCOC6=O)CC[C@]4(C)[C@@H]3CC[C@@]21C. The summed E-state index contributed by atoms with van der Waals surface area (Å²) >= 11 is 0. The van der Waals surface area contributed by atoms with E-state index >= 15 is 0 Å². The molecule has 292 valence electrons. The van der Waals surface area contributed by atoms with Crippen molar-refractivity contribution in [3.63, 3.8) is 0 Å². The lowest BCUT2D eigenvalue weighted by Gasteiger charge is -2.58. The van der Waals surface area contributed by atoms with E-state index in [2.05, 4.69) is 40.7 Å². The number of rotatable bonds is 9. The first-order chi connectivity index (χ1) is 25.4. The van der Waals surface area contributed by atoms with Crippen LogP contribution in [0.15, 0.2) is 29.9 Å². The van der Waals surface area contributed by atoms with Gasteiger partial charge in [0.15, 0.2) is 6.61 Å². The highest BCUT2D eigenvalue weighted by Gasteiger charge is 2.59. The quantitative estimate of drug-likeness (QED) is 0.199. The second-order valence-corrected chi connectivity index (χ2v) is 18.3. The van der Waals surface area contributed by atoms with Gasteiger partial charge in [0.25, 0.3) is 0 Å². The molecule has 5 aliphatic rings. The molecule has 7 heteroatoms. The molecule has 1 aliphatic heterocycles. The van der Waals surface area contributed by atoms with Gasteiger partial charge < -0.3 is 19.3 Å². The van der Waals surface area contributed by atoms with E-state index in [0.717, 1.165) is 61.7 Å². The second-order valence-electron chi connectivity index (χ2n) is 18.3. The summed E-state index contributed by atoms with van der Waals surface area (Å²) in [6, 6.07) is 3.00. The summed E-state index contributed by atoms with van der Waals surface area (Å²) in [5, 5.41) is 10.9. The van der Waals surface area contributed by atoms with Crippen LogP contribution in [0.25, 0.3) is 6.08 Å². The third kappa shape index (κ3) is 8.91. The van der Waals surface area contributed by atoms with E-state index in [1.54, 1.807) is 12.1 Å². The van der Waals surface area contributed by atoms with Gasteiger partial charge in [0.2, 0.25) is 0 Å². The van der Waals surface area contributed by atoms with Crippen molar-refractivity contribution in [2.75, 3.05) is 13.2 Å². The van der Waals surface area contributed by atoms with Crippen LogP contribution in [0.2, 0.25) is 0 Å². The fraction of sp³-hybridized carbons (Fsp3) is 0.717. The number of hydrogen-bond acceptors (Lipinski definition) is 7. The topological polar surface area (TPSA) is 99.1 Å². The molecule has 0 saturated heterocycles. The molecule has 1 aromatic carbocycles. The first-order valence-electron chi connectivity index (χ1n) is 21.1. The Balaban J connectivity index is 1.05. The van der Waals surface area contributed by atoms with E-state index < -0.39 is 11.9 Å². The summed E-state index contributed by atoms with van der Waals surface area (Å²) < 4.78 is 17.3. The van der Waals surface area contributed by atoms with E-state index in [1.807, 2.05) is 6.08 Å². The van der Waals surface area contributed by atoms with Crippen molar-refractivity contribution in [3.05, 3.63) is 41.0 Å². The van der Waals surface area contributed by atoms with Crippen LogP contribution in [0.4, 0.5) is 0 Å². The Morgan fingerprint density at radius 2 is 1.79 bits per heavy atom. The molecule has 1 heterocycles. The van der Waals surface area contributed by atoms with Crippen molar-refractivity contribution in [2.45, 2.75) is 150 Å². The molecule has 1 N–H and O–H groups in total. The maximum absolute atomic E-state index is 13.1. The number of aromatic hydroxyl groups is 1. The van der Waals surface area contributed by atoms with E-state index in [4.69, 9.17) is 14.2 Å². The van der Waals surface area contributed by atoms with Gasteiger partial charge in [0.05, 0.1) is 6.61 Å². The number of Topliss-reactive ketones (excluding diaryl/α,β-unsaturated/α-hetero) is 1. The predicted octanol–water partition coefficient (Wildman–Crippen LogP) is 10.8. The minimum absolute atomic E-state index is 0.0690. The molecule has 0 aromatic heterocycles. The number of benzene rings is 1. The normalized spacial score (nSPS) is 33.2. The molecule has 0 amide bonds. The number of allylic oxidation sites excluding steroid dienone is 2. The highest BCUT2D eigenvalue weighted by molar-refractivity contribution is 5.97. The van der Waals surface area contributed by atoms with E-state index in [1.165, 1.54) is 56.6 Å². The monoisotopic (exact) mass is 730 g/mol. The van der Waals surface area contributed by atoms with Crippen molar-refractivity contribution < 1.29 is 33.7 Å². The number of hydrogen-bond donors (Lipinski definition) is 1. The maximum atomic E-state index is 13.1. The number of phenolic OH excluding ortho intramolecular Hbond substituents is 1. The molecule has 0 bridgehead atoms. The average molecular weight is 731 g/mol. The number of fused-ring (bicyclic) bond motifs is 6. The van der Waals surface area contributed by atoms with E-state index in [9.17, 15) is 19.5 Å². The van der Waals surface area contributed by atoms with E-state index in [-0.39, 0.29) is 47.6 Å². The number of cyclic esters (lactones) is 1. The van der Waals surface area contributed by atoms with Crippen LogP contribution >= 0.6 is 0 Å². The molecule has 3 fully saturated rings. The number of carbonyl (C=O) groups is 3. The molecule has 53 heavy (non-hydrogen) atoms. The number of phenols is 1. The largest absolute Gasteiger partial charge is 0.507 e. The molecule has 1 aromatic rings. The minimum Gasteiger partial charge on any atom is -0.507 e. The fourth-order valence-corrected chi connectivity index (χ4v) is 11.6. The maximum Gasteiger partial charge on any atom is 0.344 e. The molecule has 8 atom stereocenters. The van der Waals surface area contributed by atoms with Crippen LogP contribution in [-0.4, -0.2) is 42.1 Å². The number of ketones is 1. The van der Waals surface area contributed by atoms with Gasteiger partial charge in [-0.3, -0.25) is 4.79 Å². The molecule has 3 saturated carbocycles. The number of carbonyl (C=O) groups excluding carboxylic acids is 3. The standard InChI is InChI=1S/C46H66O7/c1-30(2)12-11-13-31(3)38-19-20-39-37-18-17-33-27-35(21-23-45(33,4)40(37)22-24-46(38,39)5)53-42(49)29-52-36-26-32-14-7-6-8-15-34(47)16-9-10-25-51-44(50)43(32)41(48)28-36/h7,14,17,26,28,30-31,35,37-40,48H,6,8-13,15-16,18-25,27,29H2,1-5H3/b14-7+/t31-,35-,37+,38-,39+,40+,45-,46+/m0/s1. The van der Waals surface area contributed by atoms with Crippen molar-refractivity contribution in [1.82, 2.24) is 0 Å². The third-order valence-electron chi connectivity index (χ3n) is 14.4. The van der Waals surface area contributed by atoms with Crippen LogP contribution in [0.1, 0.15) is 160 Å². The van der Waals surface area contributed by atoms with Crippen molar-refractivity contribution in [3.8, 4) is 11.5 Å². The molecular formula is C46H66O7. The average Bonchev–Trinajstić information content (AvgIpc) is 3.47. The first kappa shape index (κ1) is 39.6. The Morgan fingerprint density at radius 1 is 0.981 bits per heavy atom. The van der Waals surface area contributed by atoms with Gasteiger partial charge in [0.1, 0.15) is 28.9 Å². The Bertz CT molecular complexity index is 1540. The van der Waals surface area contributed by atoms with Crippen LogP contribution in [0.3, 0.4) is 0 Å². The van der Waals surface area contributed by atoms with Crippen LogP contribution in [0.5, 0.6) is 11.5 Å². The predicted molar refractivity (Wildman–Crippen MR) is 209 cm³/mol. The summed E-state index contributed by atoms with van der Waals surface area (Å²) in [6.07, 6.45) is 23.1. The first-order valence-corrected chi connectivity index (χ1v) is 21.1. The Morgan fingerprint density at radius 3 is 2.60 bits per heavy atom. The lowest BCUT2D eigenvalue weighted by atomic mass is 9.47. The number of ether oxygens (including phenoxy) is 3. The molecular weight excluding hydrogens is 664 g/mol. The van der Waals surface area contributed by atoms with Gasteiger partial charge in [-0.05, 0) is 129 Å². The fourth-order valence-electron chi connectivity index (χ4n) is 11.6. The van der Waals surface area contributed by atoms with Gasteiger partial charge in [-0.15, -0.1) is 0 Å².